The first-order valence-electron chi connectivity index (χ1n) is 9.14. The zero-order valence-electron chi connectivity index (χ0n) is 16.2. The van der Waals surface area contributed by atoms with E-state index in [-0.39, 0.29) is 21.2 Å². The molecular formula is C22H16ClN3O4S. The van der Waals surface area contributed by atoms with Crippen LogP contribution in [0.4, 0.5) is 0 Å². The monoisotopic (exact) mass is 453 g/mol. The Kier molecular flexibility index (Phi) is 5.34. The highest BCUT2D eigenvalue weighted by Crippen LogP contribution is 2.32. The summed E-state index contributed by atoms with van der Waals surface area (Å²) in [5.74, 6) is -1.06. The van der Waals surface area contributed by atoms with Crippen LogP contribution in [0.1, 0.15) is 15.9 Å². The minimum Gasteiger partial charge on any atom is -0.478 e. The molecule has 1 N–H and O–H groups in total. The lowest BCUT2D eigenvalue weighted by molar-refractivity contribution is 0.0697. The van der Waals surface area contributed by atoms with Crippen molar-refractivity contribution < 1.29 is 18.3 Å². The van der Waals surface area contributed by atoms with Gasteiger partial charge in [-0.1, -0.05) is 46.6 Å². The first-order chi connectivity index (χ1) is 14.8. The molecule has 7 nitrogen and oxygen atoms in total. The van der Waals surface area contributed by atoms with Gasteiger partial charge in [-0.25, -0.2) is 17.9 Å². The molecule has 0 saturated carbocycles. The summed E-state index contributed by atoms with van der Waals surface area (Å²) in [6, 6.07) is 19.1. The van der Waals surface area contributed by atoms with Crippen LogP contribution in [0.2, 0.25) is 5.02 Å². The number of hydrogen-bond acceptors (Lipinski definition) is 5. The molecule has 0 amide bonds. The standard InChI is InChI=1S/C22H16ClN3O4S/c1-14-2-4-15(5-3-14)20-21(31(29,30)19-12-8-17(23)9-13-19)24-25-26(20)18-10-6-16(7-11-18)22(27)28/h2-13H,1H3,(H,27,28). The molecule has 1 heterocycles. The summed E-state index contributed by atoms with van der Waals surface area (Å²) in [4.78, 5) is 11.2. The van der Waals surface area contributed by atoms with Gasteiger partial charge in [0.1, 0.15) is 5.69 Å². The highest BCUT2D eigenvalue weighted by molar-refractivity contribution is 7.91. The van der Waals surface area contributed by atoms with E-state index in [0.717, 1.165) is 5.56 Å². The molecule has 0 unspecified atom stereocenters. The molecule has 0 radical (unpaired) electrons. The quantitative estimate of drug-likeness (QED) is 0.479. The summed E-state index contributed by atoms with van der Waals surface area (Å²) in [5.41, 5.74) is 2.47. The van der Waals surface area contributed by atoms with E-state index >= 15 is 0 Å². The molecule has 31 heavy (non-hydrogen) atoms. The molecular weight excluding hydrogens is 438 g/mol. The van der Waals surface area contributed by atoms with Crippen molar-refractivity contribution in [1.82, 2.24) is 15.0 Å². The van der Waals surface area contributed by atoms with E-state index in [0.29, 0.717) is 16.3 Å². The second-order valence-electron chi connectivity index (χ2n) is 6.83. The lowest BCUT2D eigenvalue weighted by Crippen LogP contribution is -2.06. The Morgan fingerprint density at radius 2 is 1.55 bits per heavy atom. The molecule has 0 aliphatic carbocycles. The average Bonchev–Trinajstić information content (AvgIpc) is 3.21. The van der Waals surface area contributed by atoms with E-state index in [1.165, 1.54) is 41.1 Å². The maximum Gasteiger partial charge on any atom is 0.335 e. The Labute approximate surface area is 183 Å². The number of aryl methyl sites for hydroxylation is 1. The lowest BCUT2D eigenvalue weighted by Gasteiger charge is -2.10. The Hall–Kier alpha value is -3.49. The van der Waals surface area contributed by atoms with Gasteiger partial charge in [0.05, 0.1) is 16.1 Å². The number of benzene rings is 3. The fourth-order valence-electron chi connectivity index (χ4n) is 3.06. The summed E-state index contributed by atoms with van der Waals surface area (Å²) in [6.45, 7) is 1.93. The van der Waals surface area contributed by atoms with Gasteiger partial charge in [-0.15, -0.1) is 5.10 Å². The van der Waals surface area contributed by atoms with Gasteiger partial charge in [0, 0.05) is 10.6 Å². The molecule has 0 saturated heterocycles. The lowest BCUT2D eigenvalue weighted by atomic mass is 10.1. The fourth-order valence-corrected chi connectivity index (χ4v) is 4.50. The first-order valence-corrected chi connectivity index (χ1v) is 11.0. The molecule has 0 spiro atoms. The fraction of sp³-hybridized carbons (Fsp3) is 0.0455. The third kappa shape index (κ3) is 3.95. The van der Waals surface area contributed by atoms with E-state index in [1.54, 1.807) is 24.3 Å². The van der Waals surface area contributed by atoms with E-state index in [1.807, 2.05) is 19.1 Å². The SMILES string of the molecule is Cc1ccc(-c2c(S(=O)(=O)c3ccc(Cl)cc3)nnn2-c2ccc(C(=O)O)cc2)cc1. The van der Waals surface area contributed by atoms with Crippen LogP contribution >= 0.6 is 11.6 Å². The molecule has 0 aliphatic rings. The summed E-state index contributed by atoms with van der Waals surface area (Å²) in [7, 11) is -4.00. The summed E-state index contributed by atoms with van der Waals surface area (Å²) < 4.78 is 28.1. The van der Waals surface area contributed by atoms with Gasteiger partial charge in [-0.3, -0.25) is 0 Å². The van der Waals surface area contributed by atoms with Crippen molar-refractivity contribution in [2.75, 3.05) is 0 Å². The number of hydrogen-bond donors (Lipinski definition) is 1. The molecule has 0 fully saturated rings. The van der Waals surface area contributed by atoms with Crippen LogP contribution in [0, 0.1) is 6.92 Å². The molecule has 4 aromatic rings. The number of aromatic nitrogens is 3. The van der Waals surface area contributed by atoms with Crippen molar-refractivity contribution in [3.8, 4) is 16.9 Å². The number of aromatic carboxylic acids is 1. The van der Waals surface area contributed by atoms with Gasteiger partial charge in [0.2, 0.25) is 14.9 Å². The van der Waals surface area contributed by atoms with Gasteiger partial charge >= 0.3 is 5.97 Å². The van der Waals surface area contributed by atoms with Gasteiger partial charge in [-0.2, -0.15) is 0 Å². The number of sulfone groups is 1. The third-order valence-electron chi connectivity index (χ3n) is 4.70. The molecule has 4 rings (SSSR count). The normalized spacial score (nSPS) is 11.4. The van der Waals surface area contributed by atoms with Gasteiger partial charge in [0.25, 0.3) is 0 Å². The van der Waals surface area contributed by atoms with Gasteiger partial charge < -0.3 is 5.11 Å². The first kappa shape index (κ1) is 20.8. The van der Waals surface area contributed by atoms with Crippen LogP contribution < -0.4 is 0 Å². The second kappa shape index (κ2) is 7.98. The van der Waals surface area contributed by atoms with E-state index in [2.05, 4.69) is 10.3 Å². The summed E-state index contributed by atoms with van der Waals surface area (Å²) in [5, 5.41) is 17.4. The van der Waals surface area contributed by atoms with Crippen molar-refractivity contribution in [3.05, 3.63) is 88.9 Å². The molecule has 0 atom stereocenters. The number of carboxylic acids is 1. The molecule has 9 heteroatoms. The summed E-state index contributed by atoms with van der Waals surface area (Å²) in [6.07, 6.45) is 0. The predicted molar refractivity (Wildman–Crippen MR) is 115 cm³/mol. The third-order valence-corrected chi connectivity index (χ3v) is 6.63. The Bertz CT molecular complexity index is 1360. The van der Waals surface area contributed by atoms with Crippen LogP contribution in [0.5, 0.6) is 0 Å². The van der Waals surface area contributed by atoms with Crippen LogP contribution in [0.15, 0.2) is 82.7 Å². The highest BCUT2D eigenvalue weighted by Gasteiger charge is 2.29. The van der Waals surface area contributed by atoms with Gasteiger partial charge in [-0.05, 0) is 55.5 Å². The summed E-state index contributed by atoms with van der Waals surface area (Å²) >= 11 is 5.90. The maximum absolute atomic E-state index is 13.4. The Morgan fingerprint density at radius 1 is 0.935 bits per heavy atom. The van der Waals surface area contributed by atoms with Crippen molar-refractivity contribution in [3.63, 3.8) is 0 Å². The van der Waals surface area contributed by atoms with Gasteiger partial charge in [0.15, 0.2) is 0 Å². The van der Waals surface area contributed by atoms with Crippen LogP contribution in [0.3, 0.4) is 0 Å². The minimum absolute atomic E-state index is 0.0403. The number of halogens is 1. The van der Waals surface area contributed by atoms with Crippen LogP contribution in [-0.4, -0.2) is 34.5 Å². The molecule has 1 aromatic heterocycles. The van der Waals surface area contributed by atoms with Crippen LogP contribution in [-0.2, 0) is 9.84 Å². The van der Waals surface area contributed by atoms with Crippen molar-refractivity contribution >= 4 is 27.4 Å². The molecule has 3 aromatic carbocycles. The zero-order chi connectivity index (χ0) is 22.2. The van der Waals surface area contributed by atoms with E-state index < -0.39 is 15.8 Å². The maximum atomic E-state index is 13.4. The van der Waals surface area contributed by atoms with E-state index in [9.17, 15) is 13.2 Å². The van der Waals surface area contributed by atoms with E-state index in [4.69, 9.17) is 16.7 Å². The number of nitrogens with zero attached hydrogens (tertiary/aromatic N) is 3. The Balaban J connectivity index is 1.93. The smallest absolute Gasteiger partial charge is 0.335 e. The number of carboxylic acid groups (broad SMARTS) is 1. The molecule has 0 aliphatic heterocycles. The van der Waals surface area contributed by atoms with Crippen molar-refractivity contribution in [2.24, 2.45) is 0 Å². The van der Waals surface area contributed by atoms with Crippen molar-refractivity contribution in [2.45, 2.75) is 16.8 Å². The second-order valence-corrected chi connectivity index (χ2v) is 9.13. The Morgan fingerprint density at radius 3 is 2.13 bits per heavy atom. The van der Waals surface area contributed by atoms with Crippen LogP contribution in [0.25, 0.3) is 16.9 Å². The average molecular weight is 454 g/mol. The largest absolute Gasteiger partial charge is 0.478 e. The zero-order valence-corrected chi connectivity index (χ0v) is 17.8. The number of rotatable bonds is 5. The molecule has 156 valence electrons. The number of carbonyl (C=O) groups is 1. The predicted octanol–water partition coefficient (Wildman–Crippen LogP) is 4.43. The molecule has 0 bridgehead atoms. The minimum atomic E-state index is -4.00. The highest BCUT2D eigenvalue weighted by atomic mass is 35.5. The topological polar surface area (TPSA) is 102 Å². The van der Waals surface area contributed by atoms with Crippen molar-refractivity contribution in [1.29, 1.82) is 0 Å².